The topological polar surface area (TPSA) is 45.2 Å². The fourth-order valence-corrected chi connectivity index (χ4v) is 4.87. The summed E-state index contributed by atoms with van der Waals surface area (Å²) in [5.41, 5.74) is 0.561. The number of fused-ring (bicyclic) bond motifs is 4. The van der Waals surface area contributed by atoms with Gasteiger partial charge in [-0.25, -0.2) is 0 Å². The normalized spacial score (nSPS) is 29.6. The van der Waals surface area contributed by atoms with Crippen LogP contribution in [-0.4, -0.2) is 40.5 Å². The van der Waals surface area contributed by atoms with Crippen molar-refractivity contribution in [2.75, 3.05) is 13.1 Å². The van der Waals surface area contributed by atoms with Crippen LogP contribution in [0.25, 0.3) is 10.1 Å². The van der Waals surface area contributed by atoms with Gasteiger partial charge in [0.25, 0.3) is 5.91 Å². The smallest absolute Gasteiger partial charge is 0.270 e. The highest BCUT2D eigenvalue weighted by Crippen LogP contribution is 2.39. The number of rotatable bonds is 2. The lowest BCUT2D eigenvalue weighted by Crippen LogP contribution is -2.69. The van der Waals surface area contributed by atoms with Gasteiger partial charge in [-0.3, -0.25) is 14.7 Å². The van der Waals surface area contributed by atoms with E-state index in [0.29, 0.717) is 11.6 Å². The Kier molecular flexibility index (Phi) is 3.24. The maximum absolute atomic E-state index is 12.7. The maximum Gasteiger partial charge on any atom is 0.270 e. The van der Waals surface area contributed by atoms with Crippen LogP contribution in [0.1, 0.15) is 37.2 Å². The van der Waals surface area contributed by atoms with Crippen molar-refractivity contribution < 1.29 is 4.79 Å². The third-order valence-electron chi connectivity index (χ3n) is 5.44. The summed E-state index contributed by atoms with van der Waals surface area (Å²) in [5.74, 6) is 0.552. The number of nitrogens with zero attached hydrogens (tertiary/aromatic N) is 2. The SMILES string of the molecule is CC1(C)[C@H](NC(=O)c2cc3sccc3cn2)C2CCN1CC2. The van der Waals surface area contributed by atoms with Gasteiger partial charge in [0.05, 0.1) is 0 Å². The first-order chi connectivity index (χ1) is 10.6. The molecular formula is C17H21N3OS. The molecule has 0 radical (unpaired) electrons. The number of hydrogen-bond donors (Lipinski definition) is 1. The van der Waals surface area contributed by atoms with Crippen molar-refractivity contribution in [3.05, 3.63) is 29.4 Å². The molecule has 2 bridgehead atoms. The molecule has 2 aromatic rings. The zero-order valence-electron chi connectivity index (χ0n) is 13.0. The fraction of sp³-hybridized carbons (Fsp3) is 0.529. The van der Waals surface area contributed by atoms with Crippen molar-refractivity contribution in [3.8, 4) is 0 Å². The van der Waals surface area contributed by atoms with Gasteiger partial charge in [-0.15, -0.1) is 11.3 Å². The van der Waals surface area contributed by atoms with E-state index in [1.807, 2.05) is 17.5 Å². The average molecular weight is 315 g/mol. The molecule has 4 nitrogen and oxygen atoms in total. The lowest BCUT2D eigenvalue weighted by Gasteiger charge is -2.56. The number of piperidine rings is 3. The van der Waals surface area contributed by atoms with Crippen molar-refractivity contribution in [3.63, 3.8) is 0 Å². The van der Waals surface area contributed by atoms with Crippen LogP contribution in [-0.2, 0) is 0 Å². The molecule has 0 aromatic carbocycles. The molecule has 3 fully saturated rings. The largest absolute Gasteiger partial charge is 0.346 e. The van der Waals surface area contributed by atoms with Gasteiger partial charge in [-0.1, -0.05) is 0 Å². The molecule has 1 atom stereocenters. The summed E-state index contributed by atoms with van der Waals surface area (Å²) in [6.45, 7) is 6.81. The number of amides is 1. The van der Waals surface area contributed by atoms with Crippen molar-refractivity contribution in [2.24, 2.45) is 5.92 Å². The summed E-state index contributed by atoms with van der Waals surface area (Å²) < 4.78 is 1.12. The van der Waals surface area contributed by atoms with Crippen molar-refractivity contribution >= 4 is 27.3 Å². The molecule has 0 aliphatic carbocycles. The van der Waals surface area contributed by atoms with Gasteiger partial charge in [0.2, 0.25) is 0 Å². The second kappa shape index (κ2) is 5.03. The van der Waals surface area contributed by atoms with Crippen molar-refractivity contribution in [1.29, 1.82) is 0 Å². The van der Waals surface area contributed by atoms with E-state index in [2.05, 4.69) is 29.0 Å². The minimum absolute atomic E-state index is 0.0316. The molecule has 0 spiro atoms. The van der Waals surface area contributed by atoms with Crippen LogP contribution >= 0.6 is 11.3 Å². The maximum atomic E-state index is 12.7. The van der Waals surface area contributed by atoms with Crippen molar-refractivity contribution in [1.82, 2.24) is 15.2 Å². The first-order valence-electron chi connectivity index (χ1n) is 7.95. The van der Waals surface area contributed by atoms with Gasteiger partial charge in [-0.05, 0) is 63.2 Å². The van der Waals surface area contributed by atoms with E-state index in [-0.39, 0.29) is 17.5 Å². The third kappa shape index (κ3) is 2.15. The van der Waals surface area contributed by atoms with Crippen LogP contribution in [0.15, 0.2) is 23.7 Å². The number of hydrogen-bond acceptors (Lipinski definition) is 4. The molecule has 0 saturated carbocycles. The molecule has 2 aromatic heterocycles. The molecule has 5 heteroatoms. The van der Waals surface area contributed by atoms with Gasteiger partial charge in [-0.2, -0.15) is 0 Å². The summed E-state index contributed by atoms with van der Waals surface area (Å²) in [4.78, 5) is 19.5. The number of pyridine rings is 1. The van der Waals surface area contributed by atoms with Gasteiger partial charge >= 0.3 is 0 Å². The molecular weight excluding hydrogens is 294 g/mol. The third-order valence-corrected chi connectivity index (χ3v) is 6.32. The summed E-state index contributed by atoms with van der Waals surface area (Å²) in [6, 6.07) is 4.15. The second-order valence-corrected chi connectivity index (χ2v) is 7.90. The predicted molar refractivity (Wildman–Crippen MR) is 89.3 cm³/mol. The Morgan fingerprint density at radius 1 is 1.41 bits per heavy atom. The summed E-state index contributed by atoms with van der Waals surface area (Å²) >= 11 is 1.65. The molecule has 3 saturated heterocycles. The standard InChI is InChI=1S/C17H21N3OS/c1-17(2)15(11-3-6-20(17)7-4-11)19-16(21)13-9-14-12(10-18-13)5-8-22-14/h5,8-11,15H,3-4,6-7H2,1-2H3,(H,19,21)/t15-/m1/s1. The Bertz CT molecular complexity index is 716. The predicted octanol–water partition coefficient (Wildman–Crippen LogP) is 2.90. The molecule has 116 valence electrons. The summed E-state index contributed by atoms with van der Waals surface area (Å²) in [7, 11) is 0. The number of carbonyl (C=O) groups is 1. The van der Waals surface area contributed by atoms with Crippen LogP contribution in [0.4, 0.5) is 0 Å². The number of carbonyl (C=O) groups excluding carboxylic acids is 1. The number of thiophene rings is 1. The molecule has 5 rings (SSSR count). The zero-order chi connectivity index (χ0) is 15.3. The Hall–Kier alpha value is -1.46. The highest BCUT2D eigenvalue weighted by molar-refractivity contribution is 7.17. The molecule has 1 N–H and O–H groups in total. The Morgan fingerprint density at radius 2 is 2.18 bits per heavy atom. The van der Waals surface area contributed by atoms with Crippen LogP contribution in [0, 0.1) is 5.92 Å². The van der Waals surface area contributed by atoms with E-state index in [9.17, 15) is 4.79 Å². The van der Waals surface area contributed by atoms with E-state index in [4.69, 9.17) is 0 Å². The van der Waals surface area contributed by atoms with E-state index >= 15 is 0 Å². The van der Waals surface area contributed by atoms with Gasteiger partial charge < -0.3 is 5.32 Å². The summed E-state index contributed by atoms with van der Waals surface area (Å²) in [6.07, 6.45) is 4.17. The highest BCUT2D eigenvalue weighted by Gasteiger charge is 2.48. The molecule has 5 heterocycles. The summed E-state index contributed by atoms with van der Waals surface area (Å²) in [5, 5.41) is 6.41. The van der Waals surface area contributed by atoms with Crippen LogP contribution < -0.4 is 5.32 Å². The lowest BCUT2D eigenvalue weighted by molar-refractivity contribution is -0.0378. The first kappa shape index (κ1) is 14.2. The second-order valence-electron chi connectivity index (χ2n) is 6.96. The van der Waals surface area contributed by atoms with E-state index in [1.54, 1.807) is 17.5 Å². The molecule has 1 amide bonds. The van der Waals surface area contributed by atoms with Crippen LogP contribution in [0.3, 0.4) is 0 Å². The molecule has 3 aliphatic rings. The molecule has 3 aliphatic heterocycles. The van der Waals surface area contributed by atoms with Gasteiger partial charge in [0, 0.05) is 27.9 Å². The zero-order valence-corrected chi connectivity index (χ0v) is 13.8. The Balaban J connectivity index is 1.58. The van der Waals surface area contributed by atoms with Crippen LogP contribution in [0.5, 0.6) is 0 Å². The Labute approximate surface area is 134 Å². The van der Waals surface area contributed by atoms with Crippen LogP contribution in [0.2, 0.25) is 0 Å². The van der Waals surface area contributed by atoms with Crippen molar-refractivity contribution in [2.45, 2.75) is 38.3 Å². The number of aromatic nitrogens is 1. The first-order valence-corrected chi connectivity index (χ1v) is 8.83. The lowest BCUT2D eigenvalue weighted by atomic mass is 9.72. The minimum Gasteiger partial charge on any atom is -0.346 e. The van der Waals surface area contributed by atoms with E-state index in [1.165, 1.54) is 12.8 Å². The van der Waals surface area contributed by atoms with Gasteiger partial charge in [0.15, 0.2) is 0 Å². The van der Waals surface area contributed by atoms with Gasteiger partial charge in [0.1, 0.15) is 5.69 Å². The van der Waals surface area contributed by atoms with E-state index < -0.39 is 0 Å². The quantitative estimate of drug-likeness (QED) is 0.927. The molecule has 22 heavy (non-hydrogen) atoms. The van der Waals surface area contributed by atoms with E-state index in [0.717, 1.165) is 23.2 Å². The average Bonchev–Trinajstić information content (AvgIpc) is 2.98. The monoisotopic (exact) mass is 315 g/mol. The highest BCUT2D eigenvalue weighted by atomic mass is 32.1. The minimum atomic E-state index is -0.0397. The Morgan fingerprint density at radius 3 is 2.91 bits per heavy atom. The number of nitrogens with one attached hydrogen (secondary N) is 1. The fourth-order valence-electron chi connectivity index (χ4n) is 4.07. The molecule has 0 unspecified atom stereocenters.